The molecule has 0 aliphatic rings. The zero-order chi connectivity index (χ0) is 16.8. The summed E-state index contributed by atoms with van der Waals surface area (Å²) in [5, 5.41) is 4.64. The number of aryl methyl sites for hydroxylation is 2. The molecule has 0 bridgehead atoms. The van der Waals surface area contributed by atoms with Crippen LogP contribution in [0.1, 0.15) is 40.7 Å². The van der Waals surface area contributed by atoms with E-state index < -0.39 is 0 Å². The molecule has 0 aliphatic carbocycles. The van der Waals surface area contributed by atoms with Crippen LogP contribution in [0.15, 0.2) is 33.8 Å². The predicted octanol–water partition coefficient (Wildman–Crippen LogP) is 3.92. The molecule has 1 heterocycles. The molecule has 2 aromatic rings. The van der Waals surface area contributed by atoms with Gasteiger partial charge in [-0.1, -0.05) is 46.3 Å². The van der Waals surface area contributed by atoms with Gasteiger partial charge in [0.2, 0.25) is 0 Å². The van der Waals surface area contributed by atoms with Crippen molar-refractivity contribution in [1.29, 1.82) is 0 Å². The number of amides is 1. The van der Waals surface area contributed by atoms with E-state index in [1.165, 1.54) is 16.9 Å². The van der Waals surface area contributed by atoms with Crippen molar-refractivity contribution < 1.29 is 4.79 Å². The molecule has 0 aliphatic heterocycles. The van der Waals surface area contributed by atoms with Crippen LogP contribution in [0.2, 0.25) is 0 Å². The second-order valence-electron chi connectivity index (χ2n) is 5.07. The third-order valence-electron chi connectivity index (χ3n) is 3.36. The SMILES string of the molecule is CC/C(CCc1ccc(Br)cc1)=N\NC(=O)c1sc(N)nc1C. The molecule has 0 saturated heterocycles. The Morgan fingerprint density at radius 2 is 2.09 bits per heavy atom. The number of carbonyl (C=O) groups is 1. The van der Waals surface area contributed by atoms with E-state index in [0.29, 0.717) is 15.7 Å². The van der Waals surface area contributed by atoms with Gasteiger partial charge in [-0.25, -0.2) is 10.4 Å². The lowest BCUT2D eigenvalue weighted by molar-refractivity contribution is 0.0958. The number of aromatic nitrogens is 1. The van der Waals surface area contributed by atoms with Crippen LogP contribution >= 0.6 is 27.3 Å². The van der Waals surface area contributed by atoms with Gasteiger partial charge in [0.25, 0.3) is 5.91 Å². The fourth-order valence-corrected chi connectivity index (χ4v) is 3.05. The highest BCUT2D eigenvalue weighted by Gasteiger charge is 2.13. The first-order valence-electron chi connectivity index (χ1n) is 7.32. The molecule has 0 atom stereocenters. The lowest BCUT2D eigenvalue weighted by Crippen LogP contribution is -2.19. The molecule has 1 amide bonds. The molecule has 5 nitrogen and oxygen atoms in total. The summed E-state index contributed by atoms with van der Waals surface area (Å²) in [4.78, 5) is 16.7. The van der Waals surface area contributed by atoms with Gasteiger partial charge in [-0.05, 0) is 43.9 Å². The van der Waals surface area contributed by atoms with Crippen molar-refractivity contribution >= 4 is 44.0 Å². The van der Waals surface area contributed by atoms with Crippen LogP contribution in [0.25, 0.3) is 0 Å². The lowest BCUT2D eigenvalue weighted by Gasteiger charge is -2.05. The highest BCUT2D eigenvalue weighted by atomic mass is 79.9. The van der Waals surface area contributed by atoms with Gasteiger partial charge in [0, 0.05) is 10.2 Å². The van der Waals surface area contributed by atoms with Crippen LogP contribution in [0.5, 0.6) is 0 Å². The zero-order valence-corrected chi connectivity index (χ0v) is 15.5. The number of thiazole rings is 1. The Bertz CT molecular complexity index is 709. The minimum Gasteiger partial charge on any atom is -0.375 e. The number of hydrogen-bond donors (Lipinski definition) is 2. The molecule has 0 saturated carbocycles. The van der Waals surface area contributed by atoms with E-state index in [9.17, 15) is 4.79 Å². The summed E-state index contributed by atoms with van der Waals surface area (Å²) in [7, 11) is 0. The van der Waals surface area contributed by atoms with Gasteiger partial charge < -0.3 is 5.73 Å². The van der Waals surface area contributed by atoms with Gasteiger partial charge in [0.15, 0.2) is 5.13 Å². The van der Waals surface area contributed by atoms with Crippen molar-refractivity contribution in [3.8, 4) is 0 Å². The Kier molecular flexibility index (Phi) is 6.29. The number of nitrogens with zero attached hydrogens (tertiary/aromatic N) is 2. The number of anilines is 1. The molecule has 0 fully saturated rings. The Morgan fingerprint density at radius 1 is 1.39 bits per heavy atom. The average Bonchev–Trinajstić information content (AvgIpc) is 2.87. The highest BCUT2D eigenvalue weighted by molar-refractivity contribution is 9.10. The van der Waals surface area contributed by atoms with Crippen LogP contribution < -0.4 is 11.2 Å². The van der Waals surface area contributed by atoms with Crippen LogP contribution in [0.3, 0.4) is 0 Å². The molecule has 7 heteroatoms. The monoisotopic (exact) mass is 394 g/mol. The Hall–Kier alpha value is -1.73. The maximum absolute atomic E-state index is 12.1. The summed E-state index contributed by atoms with van der Waals surface area (Å²) >= 11 is 4.60. The van der Waals surface area contributed by atoms with E-state index in [-0.39, 0.29) is 5.91 Å². The van der Waals surface area contributed by atoms with E-state index in [0.717, 1.165) is 29.4 Å². The number of nitrogen functional groups attached to an aromatic ring is 1. The number of hydrazone groups is 1. The van der Waals surface area contributed by atoms with Crippen molar-refractivity contribution in [2.45, 2.75) is 33.1 Å². The minimum absolute atomic E-state index is 0.258. The second kappa shape index (κ2) is 8.21. The summed E-state index contributed by atoms with van der Waals surface area (Å²) < 4.78 is 1.07. The smallest absolute Gasteiger partial charge is 0.283 e. The third kappa shape index (κ3) is 5.14. The average molecular weight is 395 g/mol. The lowest BCUT2D eigenvalue weighted by atomic mass is 10.1. The summed E-state index contributed by atoms with van der Waals surface area (Å²) in [6.45, 7) is 3.79. The Labute approximate surface area is 148 Å². The largest absolute Gasteiger partial charge is 0.375 e. The maximum Gasteiger partial charge on any atom is 0.283 e. The van der Waals surface area contributed by atoms with Crippen molar-refractivity contribution in [1.82, 2.24) is 10.4 Å². The molecule has 1 aromatic heterocycles. The van der Waals surface area contributed by atoms with E-state index in [1.54, 1.807) is 6.92 Å². The molecule has 122 valence electrons. The summed E-state index contributed by atoms with van der Waals surface area (Å²) in [5.74, 6) is -0.258. The number of rotatable bonds is 6. The number of halogens is 1. The fourth-order valence-electron chi connectivity index (χ4n) is 2.06. The molecule has 0 unspecified atom stereocenters. The van der Waals surface area contributed by atoms with Gasteiger partial charge in [-0.3, -0.25) is 4.79 Å². The summed E-state index contributed by atoms with van der Waals surface area (Å²) in [6, 6.07) is 8.21. The minimum atomic E-state index is -0.258. The van der Waals surface area contributed by atoms with Gasteiger partial charge in [0.1, 0.15) is 4.88 Å². The molecule has 0 spiro atoms. The number of nitrogens with one attached hydrogen (secondary N) is 1. The van der Waals surface area contributed by atoms with Gasteiger partial charge in [0.05, 0.1) is 5.69 Å². The molecular weight excluding hydrogens is 376 g/mol. The van der Waals surface area contributed by atoms with E-state index in [4.69, 9.17) is 5.73 Å². The number of benzene rings is 1. The van der Waals surface area contributed by atoms with Crippen molar-refractivity contribution in [3.63, 3.8) is 0 Å². The molecule has 0 radical (unpaired) electrons. The summed E-state index contributed by atoms with van der Waals surface area (Å²) in [6.07, 6.45) is 2.49. The Balaban J connectivity index is 1.94. The van der Waals surface area contributed by atoms with Gasteiger partial charge >= 0.3 is 0 Å². The van der Waals surface area contributed by atoms with Crippen molar-refractivity contribution in [3.05, 3.63) is 44.9 Å². The third-order valence-corrected chi connectivity index (χ3v) is 4.87. The van der Waals surface area contributed by atoms with Crippen LogP contribution in [0.4, 0.5) is 5.13 Å². The van der Waals surface area contributed by atoms with Crippen LogP contribution in [-0.4, -0.2) is 16.6 Å². The fraction of sp³-hybridized carbons (Fsp3) is 0.312. The topological polar surface area (TPSA) is 80.4 Å². The number of carbonyl (C=O) groups excluding carboxylic acids is 1. The van der Waals surface area contributed by atoms with Crippen LogP contribution in [0, 0.1) is 6.92 Å². The maximum atomic E-state index is 12.1. The molecule has 23 heavy (non-hydrogen) atoms. The highest BCUT2D eigenvalue weighted by Crippen LogP contribution is 2.19. The van der Waals surface area contributed by atoms with E-state index in [1.807, 2.05) is 19.1 Å². The molecule has 3 N–H and O–H groups in total. The number of hydrogen-bond acceptors (Lipinski definition) is 5. The Morgan fingerprint density at radius 3 is 2.65 bits per heavy atom. The summed E-state index contributed by atoms with van der Waals surface area (Å²) in [5.41, 5.74) is 11.0. The first-order valence-corrected chi connectivity index (χ1v) is 8.93. The van der Waals surface area contributed by atoms with Crippen molar-refractivity contribution in [2.75, 3.05) is 5.73 Å². The van der Waals surface area contributed by atoms with E-state index >= 15 is 0 Å². The normalized spacial score (nSPS) is 11.5. The first-order chi connectivity index (χ1) is 11.0. The van der Waals surface area contributed by atoms with Crippen molar-refractivity contribution in [2.24, 2.45) is 5.10 Å². The molecule has 2 rings (SSSR count). The second-order valence-corrected chi connectivity index (χ2v) is 7.01. The standard InChI is InChI=1S/C16H19BrN4OS/c1-3-13(9-6-11-4-7-12(17)8-5-11)20-21-15(22)14-10(2)19-16(18)23-14/h4-5,7-8H,3,6,9H2,1-2H3,(H2,18,19)(H,21,22)/b20-13+. The number of nitrogens with two attached hydrogens (primary N) is 1. The predicted molar refractivity (Wildman–Crippen MR) is 98.9 cm³/mol. The van der Waals surface area contributed by atoms with Crippen LogP contribution in [-0.2, 0) is 6.42 Å². The van der Waals surface area contributed by atoms with E-state index in [2.05, 4.69) is 43.6 Å². The molecular formula is C16H19BrN4OS. The van der Waals surface area contributed by atoms with Gasteiger partial charge in [-0.15, -0.1) is 0 Å². The molecule has 1 aromatic carbocycles. The first kappa shape index (κ1) is 17.6. The quantitative estimate of drug-likeness (QED) is 0.575. The zero-order valence-electron chi connectivity index (χ0n) is 13.1. The van der Waals surface area contributed by atoms with Gasteiger partial charge in [-0.2, -0.15) is 5.10 Å².